The van der Waals surface area contributed by atoms with E-state index in [4.69, 9.17) is 0 Å². The molecule has 2 aromatic rings. The van der Waals surface area contributed by atoms with Gasteiger partial charge in [-0.05, 0) is 64.4 Å². The maximum atomic E-state index is 3.64. The van der Waals surface area contributed by atoms with Gasteiger partial charge in [0.05, 0.1) is 0 Å². The monoisotopic (exact) mass is 308 g/mol. The minimum atomic E-state index is 0.599. The first-order chi connectivity index (χ1) is 8.15. The predicted molar refractivity (Wildman–Crippen MR) is 80.9 cm³/mol. The molecular formula is C15H17BrS. The van der Waals surface area contributed by atoms with E-state index in [0.29, 0.717) is 5.92 Å². The quantitative estimate of drug-likeness (QED) is 0.652. The van der Waals surface area contributed by atoms with Crippen molar-refractivity contribution in [3.8, 4) is 11.1 Å². The molecule has 1 aromatic heterocycles. The molecule has 0 spiro atoms. The van der Waals surface area contributed by atoms with E-state index in [1.54, 1.807) is 11.3 Å². The highest BCUT2D eigenvalue weighted by molar-refractivity contribution is 9.10. The van der Waals surface area contributed by atoms with Gasteiger partial charge in [-0.3, -0.25) is 0 Å². The van der Waals surface area contributed by atoms with Gasteiger partial charge in [0, 0.05) is 4.47 Å². The summed E-state index contributed by atoms with van der Waals surface area (Å²) in [5, 5.41) is 4.38. The molecule has 1 atom stereocenters. The Balaban J connectivity index is 2.63. The Bertz CT molecular complexity index is 500. The van der Waals surface area contributed by atoms with E-state index < -0.39 is 0 Å². The molecule has 0 bridgehead atoms. The highest BCUT2D eigenvalue weighted by atomic mass is 79.9. The van der Waals surface area contributed by atoms with Crippen LogP contribution in [0.3, 0.4) is 0 Å². The molecule has 0 nitrogen and oxygen atoms in total. The zero-order valence-corrected chi connectivity index (χ0v) is 12.9. The number of rotatable bonds is 3. The van der Waals surface area contributed by atoms with Crippen molar-refractivity contribution in [1.82, 2.24) is 0 Å². The van der Waals surface area contributed by atoms with Crippen LogP contribution in [0.25, 0.3) is 11.1 Å². The van der Waals surface area contributed by atoms with Crippen molar-refractivity contribution in [2.24, 2.45) is 0 Å². The van der Waals surface area contributed by atoms with Crippen LogP contribution in [0.5, 0.6) is 0 Å². The molecule has 0 N–H and O–H groups in total. The maximum Gasteiger partial charge on any atom is 0.0207 e. The van der Waals surface area contributed by atoms with Gasteiger partial charge in [-0.1, -0.05) is 35.8 Å². The van der Waals surface area contributed by atoms with Crippen LogP contribution in [-0.2, 0) is 0 Å². The molecule has 0 saturated heterocycles. The molecule has 17 heavy (non-hydrogen) atoms. The lowest BCUT2D eigenvalue weighted by Gasteiger charge is -2.18. The van der Waals surface area contributed by atoms with E-state index in [1.807, 2.05) is 0 Å². The number of hydrogen-bond acceptors (Lipinski definition) is 1. The van der Waals surface area contributed by atoms with Crippen molar-refractivity contribution < 1.29 is 0 Å². The second-order valence-corrected chi connectivity index (χ2v) is 6.09. The summed E-state index contributed by atoms with van der Waals surface area (Å²) < 4.78 is 1.21. The van der Waals surface area contributed by atoms with Gasteiger partial charge >= 0.3 is 0 Å². The molecule has 0 amide bonds. The van der Waals surface area contributed by atoms with Crippen molar-refractivity contribution in [3.05, 3.63) is 44.6 Å². The molecule has 0 radical (unpaired) electrons. The first-order valence-electron chi connectivity index (χ1n) is 5.96. The molecule has 2 heteroatoms. The van der Waals surface area contributed by atoms with Crippen LogP contribution in [0.2, 0.25) is 0 Å². The van der Waals surface area contributed by atoms with Gasteiger partial charge in [-0.15, -0.1) is 0 Å². The Morgan fingerprint density at radius 3 is 2.65 bits per heavy atom. The second kappa shape index (κ2) is 5.36. The minimum Gasteiger partial charge on any atom is -0.152 e. The highest BCUT2D eigenvalue weighted by Gasteiger charge is 2.15. The summed E-state index contributed by atoms with van der Waals surface area (Å²) in [6.45, 7) is 6.77. The van der Waals surface area contributed by atoms with Crippen LogP contribution >= 0.6 is 27.3 Å². The lowest BCUT2D eigenvalue weighted by atomic mass is 9.88. The average molecular weight is 309 g/mol. The van der Waals surface area contributed by atoms with Crippen LogP contribution in [0.1, 0.15) is 37.3 Å². The number of benzene rings is 1. The standard InChI is InChI=1S/C15H17BrS/c1-4-10(2)15-11(3)14(16)6-5-13(15)12-7-8-17-9-12/h5-10H,4H2,1-3H3. The summed E-state index contributed by atoms with van der Waals surface area (Å²) >= 11 is 5.40. The summed E-state index contributed by atoms with van der Waals surface area (Å²) in [6, 6.07) is 6.61. The summed E-state index contributed by atoms with van der Waals surface area (Å²) in [6.07, 6.45) is 1.18. The first-order valence-corrected chi connectivity index (χ1v) is 7.70. The van der Waals surface area contributed by atoms with Gasteiger partial charge < -0.3 is 0 Å². The van der Waals surface area contributed by atoms with Gasteiger partial charge in [-0.2, -0.15) is 11.3 Å². The van der Waals surface area contributed by atoms with E-state index in [0.717, 1.165) is 0 Å². The molecular weight excluding hydrogens is 292 g/mol. The smallest absolute Gasteiger partial charge is 0.0207 e. The van der Waals surface area contributed by atoms with Crippen molar-refractivity contribution in [1.29, 1.82) is 0 Å². The highest BCUT2D eigenvalue weighted by Crippen LogP contribution is 2.37. The fraction of sp³-hybridized carbons (Fsp3) is 0.333. The van der Waals surface area contributed by atoms with Gasteiger partial charge in [-0.25, -0.2) is 0 Å². The van der Waals surface area contributed by atoms with Crippen LogP contribution in [0.4, 0.5) is 0 Å². The van der Waals surface area contributed by atoms with Crippen molar-refractivity contribution in [3.63, 3.8) is 0 Å². The molecule has 0 aliphatic carbocycles. The molecule has 1 heterocycles. The van der Waals surface area contributed by atoms with Gasteiger partial charge in [0.25, 0.3) is 0 Å². The summed E-state index contributed by atoms with van der Waals surface area (Å²) in [5.41, 5.74) is 5.60. The van der Waals surface area contributed by atoms with Crippen molar-refractivity contribution in [2.45, 2.75) is 33.1 Å². The van der Waals surface area contributed by atoms with Crippen LogP contribution in [0, 0.1) is 6.92 Å². The average Bonchev–Trinajstić information content (AvgIpc) is 2.85. The molecule has 0 aliphatic rings. The molecule has 90 valence electrons. The summed E-state index contributed by atoms with van der Waals surface area (Å²) in [5.74, 6) is 0.599. The van der Waals surface area contributed by atoms with Crippen LogP contribution in [-0.4, -0.2) is 0 Å². The normalized spacial score (nSPS) is 12.7. The molecule has 0 saturated carbocycles. The number of halogens is 1. The van der Waals surface area contributed by atoms with Crippen molar-refractivity contribution >= 4 is 27.3 Å². The molecule has 0 fully saturated rings. The first kappa shape index (κ1) is 12.8. The number of hydrogen-bond donors (Lipinski definition) is 0. The van der Waals surface area contributed by atoms with E-state index >= 15 is 0 Å². The van der Waals surface area contributed by atoms with Crippen LogP contribution < -0.4 is 0 Å². The third-order valence-electron chi connectivity index (χ3n) is 3.39. The zero-order chi connectivity index (χ0) is 12.4. The molecule has 1 aromatic carbocycles. The van der Waals surface area contributed by atoms with Crippen LogP contribution in [0.15, 0.2) is 33.4 Å². The lowest BCUT2D eigenvalue weighted by Crippen LogP contribution is -1.99. The third kappa shape index (κ3) is 2.48. The Morgan fingerprint density at radius 1 is 1.29 bits per heavy atom. The Morgan fingerprint density at radius 2 is 2.06 bits per heavy atom. The maximum absolute atomic E-state index is 3.64. The van der Waals surface area contributed by atoms with Crippen molar-refractivity contribution in [2.75, 3.05) is 0 Å². The Kier molecular flexibility index (Phi) is 4.05. The predicted octanol–water partition coefficient (Wildman–Crippen LogP) is 6.00. The van der Waals surface area contributed by atoms with E-state index in [2.05, 4.69) is 65.7 Å². The van der Waals surface area contributed by atoms with Gasteiger partial charge in [0.1, 0.15) is 0 Å². The van der Waals surface area contributed by atoms with Gasteiger partial charge in [0.15, 0.2) is 0 Å². The third-order valence-corrected chi connectivity index (χ3v) is 4.93. The molecule has 1 unspecified atom stereocenters. The largest absolute Gasteiger partial charge is 0.152 e. The van der Waals surface area contributed by atoms with Gasteiger partial charge in [0.2, 0.25) is 0 Å². The van der Waals surface area contributed by atoms with E-state index in [9.17, 15) is 0 Å². The second-order valence-electron chi connectivity index (χ2n) is 4.45. The summed E-state index contributed by atoms with van der Waals surface area (Å²) in [4.78, 5) is 0. The minimum absolute atomic E-state index is 0.599. The fourth-order valence-corrected chi connectivity index (χ4v) is 3.21. The van der Waals surface area contributed by atoms with E-state index in [-0.39, 0.29) is 0 Å². The Labute approximate surface area is 116 Å². The van der Waals surface area contributed by atoms with E-state index in [1.165, 1.54) is 33.1 Å². The topological polar surface area (TPSA) is 0 Å². The fourth-order valence-electron chi connectivity index (χ4n) is 2.21. The molecule has 2 rings (SSSR count). The SMILES string of the molecule is CCC(C)c1c(-c2ccsc2)ccc(Br)c1C. The summed E-state index contributed by atoms with van der Waals surface area (Å²) in [7, 11) is 0. The molecule has 0 aliphatic heterocycles. The Hall–Kier alpha value is -0.600. The lowest BCUT2D eigenvalue weighted by molar-refractivity contribution is 0.729. The number of thiophene rings is 1. The zero-order valence-electron chi connectivity index (χ0n) is 10.5.